The molecule has 0 saturated heterocycles. The molecule has 0 saturated carbocycles. The summed E-state index contributed by atoms with van der Waals surface area (Å²) >= 11 is 7.29. The molecule has 0 fully saturated rings. The summed E-state index contributed by atoms with van der Waals surface area (Å²) in [6, 6.07) is 10.3. The average molecular weight is 308 g/mol. The van der Waals surface area contributed by atoms with Crippen molar-refractivity contribution in [1.29, 1.82) is 0 Å². The van der Waals surface area contributed by atoms with Crippen molar-refractivity contribution in [3.05, 3.63) is 52.8 Å². The van der Waals surface area contributed by atoms with Gasteiger partial charge >= 0.3 is 0 Å². The van der Waals surface area contributed by atoms with Crippen LogP contribution in [0, 0.1) is 5.82 Å². The molecule has 1 heterocycles. The van der Waals surface area contributed by atoms with Gasteiger partial charge in [-0.25, -0.2) is 9.37 Å². The van der Waals surface area contributed by atoms with Gasteiger partial charge in [-0.05, 0) is 35.9 Å². The molecule has 0 aliphatic rings. The fourth-order valence-electron chi connectivity index (χ4n) is 1.85. The normalized spacial score (nSPS) is 11.1. The predicted molar refractivity (Wildman–Crippen MR) is 81.5 cm³/mol. The highest BCUT2D eigenvalue weighted by molar-refractivity contribution is 7.98. The van der Waals surface area contributed by atoms with E-state index in [1.807, 2.05) is 18.2 Å². The van der Waals surface area contributed by atoms with Gasteiger partial charge in [0, 0.05) is 11.4 Å². The molecule has 0 unspecified atom stereocenters. The number of halogens is 2. The number of nitrogen functional groups attached to an aromatic ring is 1. The van der Waals surface area contributed by atoms with E-state index in [2.05, 4.69) is 9.97 Å². The molecule has 3 rings (SSSR count). The first kappa shape index (κ1) is 13.3. The zero-order valence-corrected chi connectivity index (χ0v) is 11.9. The summed E-state index contributed by atoms with van der Waals surface area (Å²) in [4.78, 5) is 7.65. The SMILES string of the molecule is Nc1ccc2nc(SCc3ccc(F)c(Cl)c3)[nH]c2c1. The Hall–Kier alpha value is -1.72. The number of fused-ring (bicyclic) bond motifs is 1. The zero-order chi connectivity index (χ0) is 14.1. The van der Waals surface area contributed by atoms with Gasteiger partial charge in [-0.1, -0.05) is 29.4 Å². The van der Waals surface area contributed by atoms with Crippen LogP contribution in [0.4, 0.5) is 10.1 Å². The summed E-state index contributed by atoms with van der Waals surface area (Å²) in [6.07, 6.45) is 0. The predicted octanol–water partition coefficient (Wildman–Crippen LogP) is 4.23. The topological polar surface area (TPSA) is 54.7 Å². The molecule has 6 heteroatoms. The second-order valence-electron chi connectivity index (χ2n) is 4.36. The lowest BCUT2D eigenvalue weighted by molar-refractivity contribution is 0.628. The number of thioether (sulfide) groups is 1. The quantitative estimate of drug-likeness (QED) is 0.562. The van der Waals surface area contributed by atoms with Crippen molar-refractivity contribution in [3.63, 3.8) is 0 Å². The molecule has 0 spiro atoms. The molecule has 0 amide bonds. The first-order valence-corrected chi connectivity index (χ1v) is 7.30. The van der Waals surface area contributed by atoms with Crippen LogP contribution in [0.2, 0.25) is 5.02 Å². The third-order valence-electron chi connectivity index (χ3n) is 2.84. The van der Waals surface area contributed by atoms with Gasteiger partial charge in [0.05, 0.1) is 16.1 Å². The molecule has 0 aliphatic carbocycles. The highest BCUT2D eigenvalue weighted by atomic mass is 35.5. The molecule has 3 aromatic rings. The fourth-order valence-corrected chi connectivity index (χ4v) is 2.88. The molecule has 20 heavy (non-hydrogen) atoms. The molecule has 1 aromatic heterocycles. The Morgan fingerprint density at radius 3 is 2.90 bits per heavy atom. The van der Waals surface area contributed by atoms with Gasteiger partial charge in [0.25, 0.3) is 0 Å². The van der Waals surface area contributed by atoms with E-state index in [0.29, 0.717) is 11.4 Å². The van der Waals surface area contributed by atoms with Crippen molar-refractivity contribution in [2.24, 2.45) is 0 Å². The van der Waals surface area contributed by atoms with Crippen LogP contribution < -0.4 is 5.73 Å². The molecule has 102 valence electrons. The Kier molecular flexibility index (Phi) is 3.54. The Bertz CT molecular complexity index is 772. The monoisotopic (exact) mass is 307 g/mol. The molecule has 0 atom stereocenters. The van der Waals surface area contributed by atoms with E-state index in [-0.39, 0.29) is 5.02 Å². The van der Waals surface area contributed by atoms with Crippen molar-refractivity contribution in [2.45, 2.75) is 10.9 Å². The van der Waals surface area contributed by atoms with Crippen molar-refractivity contribution in [2.75, 3.05) is 5.73 Å². The minimum atomic E-state index is -0.403. The number of anilines is 1. The third-order valence-corrected chi connectivity index (χ3v) is 4.08. The minimum absolute atomic E-state index is 0.139. The number of imidazole rings is 1. The first-order chi connectivity index (χ1) is 9.61. The number of H-pyrrole nitrogens is 1. The van der Waals surface area contributed by atoms with Crippen molar-refractivity contribution in [1.82, 2.24) is 9.97 Å². The summed E-state index contributed by atoms with van der Waals surface area (Å²) < 4.78 is 13.1. The first-order valence-electron chi connectivity index (χ1n) is 5.94. The molecule has 0 bridgehead atoms. The van der Waals surface area contributed by atoms with Crippen molar-refractivity contribution < 1.29 is 4.39 Å². The van der Waals surface area contributed by atoms with Crippen LogP contribution in [-0.4, -0.2) is 9.97 Å². The van der Waals surface area contributed by atoms with Gasteiger partial charge in [-0.3, -0.25) is 0 Å². The molecular weight excluding hydrogens is 297 g/mol. The van der Waals surface area contributed by atoms with E-state index in [1.54, 1.807) is 12.1 Å². The van der Waals surface area contributed by atoms with Crippen LogP contribution in [0.15, 0.2) is 41.6 Å². The zero-order valence-electron chi connectivity index (χ0n) is 10.4. The molecule has 3 nitrogen and oxygen atoms in total. The Morgan fingerprint density at radius 2 is 2.10 bits per heavy atom. The average Bonchev–Trinajstić information content (AvgIpc) is 2.82. The number of hydrogen-bond acceptors (Lipinski definition) is 3. The Labute approximate surface area is 124 Å². The van der Waals surface area contributed by atoms with Gasteiger partial charge in [0.2, 0.25) is 0 Å². The second kappa shape index (κ2) is 5.34. The number of nitrogens with one attached hydrogen (secondary N) is 1. The number of nitrogens with zero attached hydrogens (tertiary/aromatic N) is 1. The summed E-state index contributed by atoms with van der Waals surface area (Å²) in [7, 11) is 0. The summed E-state index contributed by atoms with van der Waals surface area (Å²) in [6.45, 7) is 0. The number of aromatic nitrogens is 2. The van der Waals surface area contributed by atoms with Crippen LogP contribution in [0.3, 0.4) is 0 Å². The van der Waals surface area contributed by atoms with Crippen molar-refractivity contribution in [3.8, 4) is 0 Å². The fraction of sp³-hybridized carbons (Fsp3) is 0.0714. The Morgan fingerprint density at radius 1 is 1.25 bits per heavy atom. The van der Waals surface area contributed by atoms with Crippen LogP contribution in [0.5, 0.6) is 0 Å². The number of rotatable bonds is 3. The standard InChI is InChI=1S/C14H11ClFN3S/c15-10-5-8(1-3-11(10)16)7-20-14-18-12-4-2-9(17)6-13(12)19-14/h1-6H,7,17H2,(H,18,19). The maximum absolute atomic E-state index is 13.1. The van der Waals surface area contributed by atoms with Crippen LogP contribution in [-0.2, 0) is 5.75 Å². The number of aromatic amines is 1. The van der Waals surface area contributed by atoms with E-state index >= 15 is 0 Å². The lowest BCUT2D eigenvalue weighted by Crippen LogP contribution is -1.84. The highest BCUT2D eigenvalue weighted by Gasteiger charge is 2.06. The van der Waals surface area contributed by atoms with Crippen molar-refractivity contribution >= 4 is 40.1 Å². The summed E-state index contributed by atoms with van der Waals surface area (Å²) in [5.41, 5.74) is 9.15. The lowest BCUT2D eigenvalue weighted by Gasteiger charge is -2.00. The molecule has 0 radical (unpaired) electrons. The summed E-state index contributed by atoms with van der Waals surface area (Å²) in [5, 5.41) is 0.937. The maximum atomic E-state index is 13.1. The van der Waals surface area contributed by atoms with Crippen LogP contribution in [0.1, 0.15) is 5.56 Å². The molecule has 3 N–H and O–H groups in total. The smallest absolute Gasteiger partial charge is 0.166 e. The van der Waals surface area contributed by atoms with Crippen LogP contribution >= 0.6 is 23.4 Å². The number of nitrogens with two attached hydrogens (primary N) is 1. The summed E-state index contributed by atoms with van der Waals surface area (Å²) in [5.74, 6) is 0.259. The largest absolute Gasteiger partial charge is 0.399 e. The van der Waals surface area contributed by atoms with Gasteiger partial charge in [0.15, 0.2) is 5.16 Å². The van der Waals surface area contributed by atoms with Crippen LogP contribution in [0.25, 0.3) is 11.0 Å². The van der Waals surface area contributed by atoms with Gasteiger partial charge in [0.1, 0.15) is 5.82 Å². The van der Waals surface area contributed by atoms with E-state index in [4.69, 9.17) is 17.3 Å². The van der Waals surface area contributed by atoms with E-state index in [9.17, 15) is 4.39 Å². The van der Waals surface area contributed by atoms with Gasteiger partial charge in [-0.15, -0.1) is 0 Å². The number of benzene rings is 2. The third kappa shape index (κ3) is 2.73. The second-order valence-corrected chi connectivity index (χ2v) is 5.73. The van der Waals surface area contributed by atoms with Gasteiger partial charge in [-0.2, -0.15) is 0 Å². The van der Waals surface area contributed by atoms with E-state index < -0.39 is 5.82 Å². The lowest BCUT2D eigenvalue weighted by atomic mass is 10.2. The van der Waals surface area contributed by atoms with Gasteiger partial charge < -0.3 is 10.7 Å². The minimum Gasteiger partial charge on any atom is -0.399 e. The Balaban J connectivity index is 1.77. The van der Waals surface area contributed by atoms with E-state index in [0.717, 1.165) is 21.8 Å². The maximum Gasteiger partial charge on any atom is 0.166 e. The molecule has 2 aromatic carbocycles. The molecule has 0 aliphatic heterocycles. The number of hydrogen-bond donors (Lipinski definition) is 2. The van der Waals surface area contributed by atoms with E-state index in [1.165, 1.54) is 17.8 Å². The highest BCUT2D eigenvalue weighted by Crippen LogP contribution is 2.25. The molecular formula is C14H11ClFN3S.